The molecular formula is C24H17N3O3S. The summed E-state index contributed by atoms with van der Waals surface area (Å²) in [6.45, 7) is 0. The molecule has 3 aromatic carbocycles. The van der Waals surface area contributed by atoms with Crippen LogP contribution in [0.15, 0.2) is 86.4 Å². The van der Waals surface area contributed by atoms with Gasteiger partial charge in [-0.05, 0) is 40.6 Å². The first-order chi connectivity index (χ1) is 15.2. The maximum absolute atomic E-state index is 12.6. The van der Waals surface area contributed by atoms with E-state index in [1.807, 2.05) is 72.1 Å². The van der Waals surface area contributed by atoms with Crippen molar-refractivity contribution in [3.05, 3.63) is 88.1 Å². The molecule has 0 spiro atoms. The van der Waals surface area contributed by atoms with Crippen molar-refractivity contribution in [3.8, 4) is 17.0 Å². The number of hydrogen-bond acceptors (Lipinski definition) is 7. The lowest BCUT2D eigenvalue weighted by Crippen LogP contribution is -2.03. The second-order valence-electron chi connectivity index (χ2n) is 6.83. The third kappa shape index (κ3) is 3.78. The minimum atomic E-state index is -0.417. The van der Waals surface area contributed by atoms with Crippen molar-refractivity contribution in [1.29, 1.82) is 0 Å². The number of benzene rings is 3. The van der Waals surface area contributed by atoms with Crippen LogP contribution in [0.4, 0.5) is 5.13 Å². The highest BCUT2D eigenvalue weighted by Crippen LogP contribution is 2.29. The van der Waals surface area contributed by atoms with E-state index in [4.69, 9.17) is 9.15 Å². The summed E-state index contributed by atoms with van der Waals surface area (Å²) < 4.78 is 10.8. The lowest BCUT2D eigenvalue weighted by Gasteiger charge is -2.04. The summed E-state index contributed by atoms with van der Waals surface area (Å²) in [4.78, 5) is 17.1. The second-order valence-corrected chi connectivity index (χ2v) is 7.69. The smallest absolute Gasteiger partial charge is 0.345 e. The Labute approximate surface area is 181 Å². The topological polar surface area (TPSA) is 76.7 Å². The Morgan fingerprint density at radius 3 is 2.87 bits per heavy atom. The molecule has 1 N–H and O–H groups in total. The molecule has 5 aromatic rings. The van der Waals surface area contributed by atoms with Crippen LogP contribution in [-0.4, -0.2) is 18.3 Å². The zero-order valence-electron chi connectivity index (χ0n) is 16.5. The summed E-state index contributed by atoms with van der Waals surface area (Å²) in [5.41, 5.74) is 4.92. The van der Waals surface area contributed by atoms with E-state index >= 15 is 0 Å². The Bertz CT molecular complexity index is 1490. The maximum atomic E-state index is 12.6. The van der Waals surface area contributed by atoms with Gasteiger partial charge < -0.3 is 9.15 Å². The number of anilines is 1. The van der Waals surface area contributed by atoms with Crippen molar-refractivity contribution in [2.75, 3.05) is 12.5 Å². The van der Waals surface area contributed by atoms with E-state index < -0.39 is 5.63 Å². The van der Waals surface area contributed by atoms with E-state index in [2.05, 4.69) is 15.5 Å². The maximum Gasteiger partial charge on any atom is 0.345 e. The predicted molar refractivity (Wildman–Crippen MR) is 125 cm³/mol. The first kappa shape index (κ1) is 19.0. The largest absolute Gasteiger partial charge is 0.497 e. The van der Waals surface area contributed by atoms with E-state index in [-0.39, 0.29) is 0 Å². The van der Waals surface area contributed by atoms with Gasteiger partial charge in [0, 0.05) is 10.8 Å². The molecule has 0 radical (unpaired) electrons. The van der Waals surface area contributed by atoms with Gasteiger partial charge in [0.1, 0.15) is 11.3 Å². The van der Waals surface area contributed by atoms with Crippen molar-refractivity contribution in [3.63, 3.8) is 0 Å². The van der Waals surface area contributed by atoms with Gasteiger partial charge in [-0.1, -0.05) is 42.5 Å². The van der Waals surface area contributed by atoms with Crippen LogP contribution in [0.25, 0.3) is 33.0 Å². The zero-order valence-corrected chi connectivity index (χ0v) is 17.3. The monoisotopic (exact) mass is 427 g/mol. The SMILES string of the molecule is COc1cccc(C=NNc2nc(-c3cc4c(ccc5ccccc54)oc3=O)cs2)c1. The van der Waals surface area contributed by atoms with Crippen LogP contribution >= 0.6 is 11.3 Å². The molecule has 5 rings (SSSR count). The molecule has 0 aliphatic carbocycles. The summed E-state index contributed by atoms with van der Waals surface area (Å²) in [5, 5.41) is 9.61. The molecule has 2 heterocycles. The normalized spacial score (nSPS) is 11.4. The average Bonchev–Trinajstić information content (AvgIpc) is 3.27. The van der Waals surface area contributed by atoms with Gasteiger partial charge in [0.15, 0.2) is 0 Å². The number of methoxy groups -OCH3 is 1. The van der Waals surface area contributed by atoms with Gasteiger partial charge in [0.05, 0.1) is 24.6 Å². The van der Waals surface area contributed by atoms with Crippen LogP contribution in [0.3, 0.4) is 0 Å². The molecule has 0 saturated carbocycles. The average molecular weight is 427 g/mol. The number of rotatable bonds is 5. The van der Waals surface area contributed by atoms with Gasteiger partial charge in [-0.25, -0.2) is 9.78 Å². The number of nitrogens with zero attached hydrogens (tertiary/aromatic N) is 2. The van der Waals surface area contributed by atoms with E-state index in [0.29, 0.717) is 22.0 Å². The van der Waals surface area contributed by atoms with E-state index in [1.165, 1.54) is 11.3 Å². The molecule has 152 valence electrons. The highest BCUT2D eigenvalue weighted by Gasteiger charge is 2.13. The van der Waals surface area contributed by atoms with E-state index in [1.54, 1.807) is 13.3 Å². The number of thiazole rings is 1. The van der Waals surface area contributed by atoms with E-state index in [0.717, 1.165) is 27.5 Å². The van der Waals surface area contributed by atoms with Crippen molar-refractivity contribution in [2.24, 2.45) is 5.10 Å². The molecule has 0 saturated heterocycles. The molecule has 0 bridgehead atoms. The van der Waals surface area contributed by atoms with Crippen molar-refractivity contribution in [1.82, 2.24) is 4.98 Å². The van der Waals surface area contributed by atoms with Gasteiger partial charge in [0.25, 0.3) is 0 Å². The Morgan fingerprint density at radius 2 is 1.97 bits per heavy atom. The molecular weight excluding hydrogens is 410 g/mol. The number of ether oxygens (including phenoxy) is 1. The van der Waals surface area contributed by atoms with Crippen LogP contribution < -0.4 is 15.8 Å². The quantitative estimate of drug-likeness (QED) is 0.173. The molecule has 0 unspecified atom stereocenters. The van der Waals surface area contributed by atoms with Crippen molar-refractivity contribution in [2.45, 2.75) is 0 Å². The predicted octanol–water partition coefficient (Wildman–Crippen LogP) is 5.52. The van der Waals surface area contributed by atoms with Gasteiger partial charge >= 0.3 is 5.63 Å². The highest BCUT2D eigenvalue weighted by molar-refractivity contribution is 7.14. The molecule has 0 amide bonds. The molecule has 0 aliphatic heterocycles. The van der Waals surface area contributed by atoms with Crippen LogP contribution in [0, 0.1) is 0 Å². The number of aromatic nitrogens is 1. The van der Waals surface area contributed by atoms with E-state index in [9.17, 15) is 4.79 Å². The summed E-state index contributed by atoms with van der Waals surface area (Å²) in [6.07, 6.45) is 1.68. The zero-order chi connectivity index (χ0) is 21.2. The Balaban J connectivity index is 1.45. The second kappa shape index (κ2) is 8.04. The van der Waals surface area contributed by atoms with Gasteiger partial charge in [-0.2, -0.15) is 5.10 Å². The molecule has 7 heteroatoms. The molecule has 0 aliphatic rings. The highest BCUT2D eigenvalue weighted by atomic mass is 32.1. The fourth-order valence-electron chi connectivity index (χ4n) is 3.38. The van der Waals surface area contributed by atoms with Crippen LogP contribution in [0.1, 0.15) is 5.56 Å². The van der Waals surface area contributed by atoms with Crippen molar-refractivity contribution >= 4 is 44.4 Å². The summed E-state index contributed by atoms with van der Waals surface area (Å²) in [6, 6.07) is 21.2. The van der Waals surface area contributed by atoms with Crippen molar-refractivity contribution < 1.29 is 9.15 Å². The van der Waals surface area contributed by atoms with Gasteiger partial charge in [-0.3, -0.25) is 5.43 Å². The standard InChI is InChI=1S/C24H17N3O3S/c1-29-17-7-4-5-15(11-17)13-25-27-24-26-21(14-31-24)20-12-19-18-8-3-2-6-16(18)9-10-22(19)30-23(20)28/h2-14H,1H3,(H,26,27). The summed E-state index contributed by atoms with van der Waals surface area (Å²) >= 11 is 1.36. The fourth-order valence-corrected chi connectivity index (χ4v) is 4.04. The fraction of sp³-hybridized carbons (Fsp3) is 0.0417. The third-order valence-electron chi connectivity index (χ3n) is 4.89. The number of fused-ring (bicyclic) bond motifs is 3. The van der Waals surface area contributed by atoms with Crippen LogP contribution in [-0.2, 0) is 0 Å². The Kier molecular flexibility index (Phi) is 4.93. The first-order valence-electron chi connectivity index (χ1n) is 9.56. The molecule has 0 fully saturated rings. The number of hydrogen-bond donors (Lipinski definition) is 1. The number of hydrazone groups is 1. The Hall–Kier alpha value is -3.97. The lowest BCUT2D eigenvalue weighted by atomic mass is 10.0. The summed E-state index contributed by atoms with van der Waals surface area (Å²) in [7, 11) is 1.62. The molecule has 2 aromatic heterocycles. The third-order valence-corrected chi connectivity index (χ3v) is 5.64. The Morgan fingerprint density at radius 1 is 1.06 bits per heavy atom. The molecule has 0 atom stereocenters. The first-order valence-corrected chi connectivity index (χ1v) is 10.4. The lowest BCUT2D eigenvalue weighted by molar-refractivity contribution is 0.415. The molecule has 6 nitrogen and oxygen atoms in total. The van der Waals surface area contributed by atoms with Crippen LogP contribution in [0.2, 0.25) is 0 Å². The molecule has 31 heavy (non-hydrogen) atoms. The summed E-state index contributed by atoms with van der Waals surface area (Å²) in [5.74, 6) is 0.760. The number of nitrogens with one attached hydrogen (secondary N) is 1. The minimum absolute atomic E-state index is 0.417. The minimum Gasteiger partial charge on any atom is -0.497 e. The van der Waals surface area contributed by atoms with Crippen LogP contribution in [0.5, 0.6) is 5.75 Å². The van der Waals surface area contributed by atoms with Gasteiger partial charge in [-0.15, -0.1) is 11.3 Å². The van der Waals surface area contributed by atoms with Gasteiger partial charge in [0.2, 0.25) is 5.13 Å².